The lowest BCUT2D eigenvalue weighted by Crippen LogP contribution is -2.07. The average Bonchev–Trinajstić information content (AvgIpc) is 2.90. The normalized spacial score (nSPS) is 10.1. The van der Waals surface area contributed by atoms with Gasteiger partial charge in [-0.05, 0) is 19.1 Å². The number of imidazole rings is 1. The highest BCUT2D eigenvalue weighted by molar-refractivity contribution is 5.89. The van der Waals surface area contributed by atoms with Gasteiger partial charge in [0.15, 0.2) is 0 Å². The largest absolute Gasteiger partial charge is 0.462 e. The minimum Gasteiger partial charge on any atom is -0.462 e. The molecule has 0 atom stereocenters. The SMILES string of the molecule is CCOC(=O)c1ccc(NCc2ncc[nH]2)nc1. The molecule has 6 nitrogen and oxygen atoms in total. The summed E-state index contributed by atoms with van der Waals surface area (Å²) in [7, 11) is 0. The third-order valence-corrected chi connectivity index (χ3v) is 2.27. The molecule has 94 valence electrons. The van der Waals surface area contributed by atoms with Crippen LogP contribution in [0.5, 0.6) is 0 Å². The lowest BCUT2D eigenvalue weighted by Gasteiger charge is -2.05. The summed E-state index contributed by atoms with van der Waals surface area (Å²) in [4.78, 5) is 22.6. The van der Waals surface area contributed by atoms with Crippen LogP contribution in [0, 0.1) is 0 Å². The number of ether oxygens (including phenoxy) is 1. The van der Waals surface area contributed by atoms with E-state index < -0.39 is 0 Å². The molecule has 6 heteroatoms. The summed E-state index contributed by atoms with van der Waals surface area (Å²) < 4.78 is 4.87. The molecule has 0 unspecified atom stereocenters. The molecule has 0 saturated heterocycles. The van der Waals surface area contributed by atoms with E-state index in [-0.39, 0.29) is 5.97 Å². The fourth-order valence-corrected chi connectivity index (χ4v) is 1.40. The summed E-state index contributed by atoms with van der Waals surface area (Å²) in [5, 5.41) is 3.09. The van der Waals surface area contributed by atoms with E-state index in [9.17, 15) is 4.79 Å². The lowest BCUT2D eigenvalue weighted by molar-refractivity contribution is 0.0526. The van der Waals surface area contributed by atoms with Crippen LogP contribution in [0.2, 0.25) is 0 Å². The van der Waals surface area contributed by atoms with E-state index in [0.29, 0.717) is 24.5 Å². The van der Waals surface area contributed by atoms with Crippen molar-refractivity contribution in [2.24, 2.45) is 0 Å². The van der Waals surface area contributed by atoms with Gasteiger partial charge in [-0.1, -0.05) is 0 Å². The van der Waals surface area contributed by atoms with Crippen LogP contribution < -0.4 is 5.32 Å². The average molecular weight is 246 g/mol. The summed E-state index contributed by atoms with van der Waals surface area (Å²) in [5.41, 5.74) is 0.445. The Morgan fingerprint density at radius 2 is 2.33 bits per heavy atom. The number of anilines is 1. The second-order valence-electron chi connectivity index (χ2n) is 3.54. The van der Waals surface area contributed by atoms with Crippen molar-refractivity contribution in [2.45, 2.75) is 13.5 Å². The Balaban J connectivity index is 1.93. The van der Waals surface area contributed by atoms with Crippen molar-refractivity contribution in [3.8, 4) is 0 Å². The molecule has 0 amide bonds. The summed E-state index contributed by atoms with van der Waals surface area (Å²) >= 11 is 0. The molecule has 0 fully saturated rings. The first kappa shape index (κ1) is 12.1. The van der Waals surface area contributed by atoms with Crippen molar-refractivity contribution < 1.29 is 9.53 Å². The van der Waals surface area contributed by atoms with E-state index in [1.807, 2.05) is 0 Å². The number of rotatable bonds is 5. The third kappa shape index (κ3) is 3.07. The molecule has 0 radical (unpaired) electrons. The summed E-state index contributed by atoms with van der Waals surface area (Å²) in [6.45, 7) is 2.68. The number of aromatic amines is 1. The smallest absolute Gasteiger partial charge is 0.339 e. The van der Waals surface area contributed by atoms with Gasteiger partial charge in [0, 0.05) is 18.6 Å². The van der Waals surface area contributed by atoms with Gasteiger partial charge in [-0.2, -0.15) is 0 Å². The number of pyridine rings is 1. The molecule has 2 N–H and O–H groups in total. The molecule has 2 aromatic heterocycles. The highest BCUT2D eigenvalue weighted by Crippen LogP contribution is 2.07. The Bertz CT molecular complexity index is 493. The van der Waals surface area contributed by atoms with Gasteiger partial charge in [0.05, 0.1) is 18.7 Å². The second-order valence-corrected chi connectivity index (χ2v) is 3.54. The van der Waals surface area contributed by atoms with Gasteiger partial charge >= 0.3 is 5.97 Å². The number of carbonyl (C=O) groups is 1. The summed E-state index contributed by atoms with van der Waals surface area (Å²) in [6.07, 6.45) is 4.94. The first-order chi connectivity index (χ1) is 8.79. The standard InChI is InChI=1S/C12H14N4O2/c1-2-18-12(17)9-3-4-10(15-7-9)16-8-11-13-5-6-14-11/h3-7H,2,8H2,1H3,(H,13,14)(H,15,16). The molecule has 0 bridgehead atoms. The Morgan fingerprint density at radius 1 is 1.44 bits per heavy atom. The van der Waals surface area contributed by atoms with Crippen molar-refractivity contribution in [3.63, 3.8) is 0 Å². The van der Waals surface area contributed by atoms with Crippen molar-refractivity contribution >= 4 is 11.8 Å². The van der Waals surface area contributed by atoms with Gasteiger partial charge in [0.1, 0.15) is 11.6 Å². The van der Waals surface area contributed by atoms with E-state index in [1.54, 1.807) is 31.5 Å². The number of hydrogen-bond acceptors (Lipinski definition) is 5. The van der Waals surface area contributed by atoms with Gasteiger partial charge in [-0.3, -0.25) is 0 Å². The number of aromatic nitrogens is 3. The van der Waals surface area contributed by atoms with Crippen molar-refractivity contribution in [1.82, 2.24) is 15.0 Å². The minimum atomic E-state index is -0.359. The Morgan fingerprint density at radius 3 is 2.94 bits per heavy atom. The van der Waals surface area contributed by atoms with Crippen LogP contribution in [0.3, 0.4) is 0 Å². The van der Waals surface area contributed by atoms with E-state index >= 15 is 0 Å². The molecule has 0 aliphatic carbocycles. The Kier molecular flexibility index (Phi) is 3.90. The van der Waals surface area contributed by atoms with Gasteiger partial charge in [0.2, 0.25) is 0 Å². The summed E-state index contributed by atoms with van der Waals surface area (Å²) in [5.74, 6) is 1.15. The van der Waals surface area contributed by atoms with Gasteiger partial charge in [-0.15, -0.1) is 0 Å². The number of H-pyrrole nitrogens is 1. The highest BCUT2D eigenvalue weighted by Gasteiger charge is 2.06. The number of carbonyl (C=O) groups excluding carboxylic acids is 1. The number of esters is 1. The van der Waals surface area contributed by atoms with Crippen LogP contribution in [0.1, 0.15) is 23.1 Å². The van der Waals surface area contributed by atoms with Crippen molar-refractivity contribution in [2.75, 3.05) is 11.9 Å². The maximum absolute atomic E-state index is 11.4. The molecule has 2 aromatic rings. The van der Waals surface area contributed by atoms with Crippen LogP contribution in [0.4, 0.5) is 5.82 Å². The lowest BCUT2D eigenvalue weighted by atomic mass is 10.3. The monoisotopic (exact) mass is 246 g/mol. The first-order valence-electron chi connectivity index (χ1n) is 5.65. The van der Waals surface area contributed by atoms with Gasteiger partial charge in [0.25, 0.3) is 0 Å². The maximum Gasteiger partial charge on any atom is 0.339 e. The molecular formula is C12H14N4O2. The Hall–Kier alpha value is -2.37. The number of hydrogen-bond donors (Lipinski definition) is 2. The fraction of sp³-hybridized carbons (Fsp3) is 0.250. The van der Waals surface area contributed by atoms with Gasteiger partial charge in [-0.25, -0.2) is 14.8 Å². The van der Waals surface area contributed by atoms with Crippen LogP contribution in [0.25, 0.3) is 0 Å². The van der Waals surface area contributed by atoms with Crippen LogP contribution in [-0.4, -0.2) is 27.5 Å². The molecule has 0 aromatic carbocycles. The van der Waals surface area contributed by atoms with E-state index in [0.717, 1.165) is 5.82 Å². The molecule has 2 rings (SSSR count). The third-order valence-electron chi connectivity index (χ3n) is 2.27. The molecule has 0 spiro atoms. The fourth-order valence-electron chi connectivity index (χ4n) is 1.40. The first-order valence-corrected chi connectivity index (χ1v) is 5.65. The molecule has 2 heterocycles. The molecular weight excluding hydrogens is 232 g/mol. The van der Waals surface area contributed by atoms with E-state index in [4.69, 9.17) is 4.74 Å². The van der Waals surface area contributed by atoms with E-state index in [1.165, 1.54) is 6.20 Å². The molecule has 0 saturated carbocycles. The number of nitrogens with one attached hydrogen (secondary N) is 2. The zero-order chi connectivity index (χ0) is 12.8. The zero-order valence-corrected chi connectivity index (χ0v) is 10.0. The molecule has 18 heavy (non-hydrogen) atoms. The van der Waals surface area contributed by atoms with E-state index in [2.05, 4.69) is 20.3 Å². The predicted molar refractivity (Wildman–Crippen MR) is 66.1 cm³/mol. The highest BCUT2D eigenvalue weighted by atomic mass is 16.5. The predicted octanol–water partition coefficient (Wildman–Crippen LogP) is 1.59. The van der Waals surface area contributed by atoms with Crippen LogP contribution in [0.15, 0.2) is 30.7 Å². The number of nitrogens with zero attached hydrogens (tertiary/aromatic N) is 2. The molecule has 0 aliphatic rings. The van der Waals surface area contributed by atoms with Gasteiger partial charge < -0.3 is 15.0 Å². The zero-order valence-electron chi connectivity index (χ0n) is 10.0. The van der Waals surface area contributed by atoms with Crippen LogP contribution in [-0.2, 0) is 11.3 Å². The topological polar surface area (TPSA) is 79.9 Å². The minimum absolute atomic E-state index is 0.358. The maximum atomic E-state index is 11.4. The van der Waals surface area contributed by atoms with Crippen LogP contribution >= 0.6 is 0 Å². The van der Waals surface area contributed by atoms with Crippen molar-refractivity contribution in [3.05, 3.63) is 42.1 Å². The Labute approximate surface area is 104 Å². The molecule has 0 aliphatic heterocycles. The van der Waals surface area contributed by atoms with Crippen molar-refractivity contribution in [1.29, 1.82) is 0 Å². The quantitative estimate of drug-likeness (QED) is 0.783. The second kappa shape index (κ2) is 5.81. The summed E-state index contributed by atoms with van der Waals surface area (Å²) in [6, 6.07) is 3.41.